The Bertz CT molecular complexity index is 1260. The molecule has 1 N–H and O–H groups in total. The number of nitrogens with one attached hydrogen (secondary N) is 1. The fourth-order valence-corrected chi connectivity index (χ4v) is 4.42. The zero-order chi connectivity index (χ0) is 21.4. The Hall–Kier alpha value is -3.26. The maximum absolute atomic E-state index is 14.4. The summed E-state index contributed by atoms with van der Waals surface area (Å²) in [5, 5.41) is 12.7. The molecule has 8 heteroatoms. The van der Waals surface area contributed by atoms with Crippen LogP contribution in [0.25, 0.3) is 22.3 Å². The molecule has 1 fully saturated rings. The van der Waals surface area contributed by atoms with Gasteiger partial charge in [-0.2, -0.15) is 0 Å². The molecular weight excluding hydrogens is 413 g/mol. The van der Waals surface area contributed by atoms with Gasteiger partial charge in [0.25, 0.3) is 0 Å². The van der Waals surface area contributed by atoms with E-state index in [-0.39, 0.29) is 17.8 Å². The molecule has 6 nitrogen and oxygen atoms in total. The van der Waals surface area contributed by atoms with E-state index in [0.29, 0.717) is 16.5 Å². The first-order chi connectivity index (χ1) is 15.1. The lowest BCUT2D eigenvalue weighted by Gasteiger charge is -2.14. The van der Waals surface area contributed by atoms with Crippen molar-refractivity contribution in [2.24, 2.45) is 0 Å². The second-order valence-corrected chi connectivity index (χ2v) is 8.82. The van der Waals surface area contributed by atoms with Gasteiger partial charge in [0.15, 0.2) is 11.0 Å². The molecule has 31 heavy (non-hydrogen) atoms. The normalized spacial score (nSPS) is 14.5. The van der Waals surface area contributed by atoms with Crippen LogP contribution in [0.5, 0.6) is 0 Å². The highest BCUT2D eigenvalue weighted by Crippen LogP contribution is 2.42. The number of halogens is 1. The number of amides is 1. The first-order valence-electron chi connectivity index (χ1n) is 10.1. The maximum Gasteiger partial charge on any atom is 0.237 e. The molecule has 0 spiro atoms. The Morgan fingerprint density at radius 2 is 1.97 bits per heavy atom. The number of thioether (sulfide) groups is 1. The number of carbonyl (C=O) groups excluding carboxylic acids is 1. The van der Waals surface area contributed by atoms with Crippen LogP contribution in [0.2, 0.25) is 0 Å². The van der Waals surface area contributed by atoms with Crippen molar-refractivity contribution in [2.75, 3.05) is 5.32 Å². The molecular formula is C23H20FN5OS. The summed E-state index contributed by atoms with van der Waals surface area (Å²) in [6.07, 6.45) is 3.72. The summed E-state index contributed by atoms with van der Waals surface area (Å²) in [5.74, 6) is 0.0404. The fourth-order valence-electron chi connectivity index (χ4n) is 3.50. The Labute approximate surface area is 182 Å². The molecule has 2 aromatic heterocycles. The number of aromatic nitrogens is 4. The molecule has 5 rings (SSSR count). The van der Waals surface area contributed by atoms with Gasteiger partial charge in [-0.3, -0.25) is 14.3 Å². The average molecular weight is 434 g/mol. The number of carbonyl (C=O) groups is 1. The highest BCUT2D eigenvalue weighted by atomic mass is 32.2. The number of nitrogens with zero attached hydrogens (tertiary/aromatic N) is 4. The van der Waals surface area contributed by atoms with Gasteiger partial charge < -0.3 is 5.32 Å². The number of fused-ring (bicyclic) bond motifs is 1. The van der Waals surface area contributed by atoms with Gasteiger partial charge in [-0.25, -0.2) is 4.39 Å². The van der Waals surface area contributed by atoms with Gasteiger partial charge in [-0.05, 0) is 56.2 Å². The van der Waals surface area contributed by atoms with Crippen molar-refractivity contribution in [3.63, 3.8) is 0 Å². The molecule has 0 saturated heterocycles. The van der Waals surface area contributed by atoms with Crippen molar-refractivity contribution >= 4 is 34.3 Å². The molecule has 1 atom stereocenters. The molecule has 2 aromatic carbocycles. The molecule has 0 bridgehead atoms. The van der Waals surface area contributed by atoms with Crippen LogP contribution in [0.15, 0.2) is 66.0 Å². The van der Waals surface area contributed by atoms with E-state index in [9.17, 15) is 9.18 Å². The molecule has 1 unspecified atom stereocenters. The highest BCUT2D eigenvalue weighted by molar-refractivity contribution is 8.00. The minimum Gasteiger partial charge on any atom is -0.324 e. The van der Waals surface area contributed by atoms with E-state index in [2.05, 4.69) is 20.5 Å². The molecule has 4 aromatic rings. The SMILES string of the molecule is CC(Sc1nnc(-c2ccccc2F)n1C1CC1)C(=O)Nc1cccc2ncccc12. The van der Waals surface area contributed by atoms with Crippen molar-refractivity contribution < 1.29 is 9.18 Å². The third-order valence-electron chi connectivity index (χ3n) is 5.25. The Balaban J connectivity index is 1.39. The van der Waals surface area contributed by atoms with Crippen LogP contribution in [0, 0.1) is 5.82 Å². The first kappa shape index (κ1) is 19.7. The smallest absolute Gasteiger partial charge is 0.237 e. The van der Waals surface area contributed by atoms with E-state index in [1.54, 1.807) is 24.4 Å². The minimum atomic E-state index is -0.415. The van der Waals surface area contributed by atoms with E-state index in [0.717, 1.165) is 29.4 Å². The van der Waals surface area contributed by atoms with Crippen LogP contribution in [-0.4, -0.2) is 30.9 Å². The number of anilines is 1. The molecule has 1 aliphatic carbocycles. The van der Waals surface area contributed by atoms with E-state index in [1.165, 1.54) is 17.8 Å². The number of hydrogen-bond acceptors (Lipinski definition) is 5. The number of pyridine rings is 1. The Morgan fingerprint density at radius 3 is 2.77 bits per heavy atom. The summed E-state index contributed by atoms with van der Waals surface area (Å²) < 4.78 is 16.3. The van der Waals surface area contributed by atoms with Gasteiger partial charge in [0.05, 0.1) is 22.0 Å². The molecule has 0 radical (unpaired) electrons. The van der Waals surface area contributed by atoms with Crippen molar-refractivity contribution in [1.29, 1.82) is 0 Å². The molecule has 156 valence electrons. The first-order valence-corrected chi connectivity index (χ1v) is 11.0. The average Bonchev–Trinajstić information content (AvgIpc) is 3.54. The standard InChI is InChI=1S/C23H20FN5OS/c1-14(22(30)26-20-10-4-9-19-17(20)7-5-13-25-19)31-23-28-27-21(29(23)15-11-12-15)16-6-2-3-8-18(16)24/h2-10,13-15H,11-12H2,1H3,(H,26,30). The topological polar surface area (TPSA) is 72.7 Å². The third kappa shape index (κ3) is 3.90. The number of hydrogen-bond donors (Lipinski definition) is 1. The molecule has 0 aliphatic heterocycles. The third-order valence-corrected chi connectivity index (χ3v) is 6.30. The van der Waals surface area contributed by atoms with Crippen LogP contribution < -0.4 is 5.32 Å². The summed E-state index contributed by atoms with van der Waals surface area (Å²) in [5.41, 5.74) is 1.97. The van der Waals surface area contributed by atoms with Crippen molar-refractivity contribution in [3.8, 4) is 11.4 Å². The van der Waals surface area contributed by atoms with Crippen LogP contribution >= 0.6 is 11.8 Å². The van der Waals surface area contributed by atoms with Gasteiger partial charge >= 0.3 is 0 Å². The lowest BCUT2D eigenvalue weighted by molar-refractivity contribution is -0.115. The van der Waals surface area contributed by atoms with Crippen LogP contribution in [0.3, 0.4) is 0 Å². The van der Waals surface area contributed by atoms with Gasteiger partial charge in [0.2, 0.25) is 5.91 Å². The van der Waals surface area contributed by atoms with Crippen molar-refractivity contribution in [2.45, 2.75) is 36.2 Å². The van der Waals surface area contributed by atoms with Gasteiger partial charge in [0, 0.05) is 17.6 Å². The number of benzene rings is 2. The van der Waals surface area contributed by atoms with Gasteiger partial charge in [0.1, 0.15) is 5.82 Å². The van der Waals surface area contributed by atoms with Gasteiger partial charge in [-0.1, -0.05) is 30.0 Å². The maximum atomic E-state index is 14.4. The zero-order valence-corrected chi connectivity index (χ0v) is 17.6. The molecule has 1 amide bonds. The minimum absolute atomic E-state index is 0.140. The second kappa shape index (κ2) is 8.11. The highest BCUT2D eigenvalue weighted by Gasteiger charge is 2.32. The largest absolute Gasteiger partial charge is 0.324 e. The summed E-state index contributed by atoms with van der Waals surface area (Å²) in [4.78, 5) is 17.2. The Morgan fingerprint density at radius 1 is 1.13 bits per heavy atom. The monoisotopic (exact) mass is 433 g/mol. The molecule has 2 heterocycles. The zero-order valence-electron chi connectivity index (χ0n) is 16.8. The lowest BCUT2D eigenvalue weighted by atomic mass is 10.2. The predicted octanol–water partition coefficient (Wildman–Crippen LogP) is 5.09. The van der Waals surface area contributed by atoms with Crippen molar-refractivity contribution in [1.82, 2.24) is 19.7 Å². The summed E-state index contributed by atoms with van der Waals surface area (Å²) in [6.45, 7) is 1.83. The fraction of sp³-hybridized carbons (Fsp3) is 0.217. The van der Waals surface area contributed by atoms with Gasteiger partial charge in [-0.15, -0.1) is 10.2 Å². The Kier molecular flexibility index (Phi) is 5.15. The number of rotatable bonds is 6. The van der Waals surface area contributed by atoms with Crippen LogP contribution in [0.1, 0.15) is 25.8 Å². The second-order valence-electron chi connectivity index (χ2n) is 7.51. The van der Waals surface area contributed by atoms with E-state index in [4.69, 9.17) is 0 Å². The summed E-state index contributed by atoms with van der Waals surface area (Å²) >= 11 is 1.33. The van der Waals surface area contributed by atoms with Crippen LogP contribution in [0.4, 0.5) is 10.1 Å². The van der Waals surface area contributed by atoms with E-state index < -0.39 is 5.25 Å². The summed E-state index contributed by atoms with van der Waals surface area (Å²) in [7, 11) is 0. The predicted molar refractivity (Wildman–Crippen MR) is 119 cm³/mol. The molecule has 1 saturated carbocycles. The quantitative estimate of drug-likeness (QED) is 0.429. The van der Waals surface area contributed by atoms with Crippen LogP contribution in [-0.2, 0) is 4.79 Å². The van der Waals surface area contributed by atoms with Crippen molar-refractivity contribution in [3.05, 3.63) is 66.6 Å². The lowest BCUT2D eigenvalue weighted by Crippen LogP contribution is -2.23. The van der Waals surface area contributed by atoms with E-state index in [1.807, 2.05) is 41.8 Å². The molecule has 1 aliphatic rings. The van der Waals surface area contributed by atoms with E-state index >= 15 is 0 Å². The summed E-state index contributed by atoms with van der Waals surface area (Å²) in [6, 6.07) is 16.2.